The van der Waals surface area contributed by atoms with Crippen LogP contribution >= 0.6 is 11.6 Å². The Kier molecular flexibility index (Phi) is 7.74. The van der Waals surface area contributed by atoms with Crippen LogP contribution in [0.3, 0.4) is 0 Å². The highest BCUT2D eigenvalue weighted by Crippen LogP contribution is 2.40. The first-order valence-electron chi connectivity index (χ1n) is 12.1. The molecule has 2 fully saturated rings. The molecule has 0 radical (unpaired) electrons. The van der Waals surface area contributed by atoms with Crippen LogP contribution < -0.4 is 0 Å². The maximum Gasteiger partial charge on any atom is 0.279 e. The van der Waals surface area contributed by atoms with Crippen molar-refractivity contribution in [3.05, 3.63) is 70.9 Å². The minimum Gasteiger partial charge on any atom is -0.387 e. The number of benzene rings is 2. The Morgan fingerprint density at radius 1 is 1.18 bits per heavy atom. The Balaban J connectivity index is 1.51. The number of carbonyl (C=O) groups is 1. The van der Waals surface area contributed by atoms with Crippen molar-refractivity contribution in [2.24, 2.45) is 4.99 Å². The van der Waals surface area contributed by atoms with Crippen LogP contribution in [-0.4, -0.2) is 81.9 Å². The standard InChI is InChI=1S/C26H26ClF2N5O5/c1-13(33(2)3)30-25(36)24-22(35)21(23-19(38-24)12-37-26(39-23)14-7-5-4-6-8-14)34-11-18(31-32-34)15-9-16(28)20(27)17(29)10-15/h4-11,19,21-24,26,35H,12H2,1-3H3/b30-13+/t19-,21-,22-,23+,24-,26+/m1/s1. The van der Waals surface area contributed by atoms with Gasteiger partial charge in [0.1, 0.15) is 52.5 Å². The van der Waals surface area contributed by atoms with Gasteiger partial charge in [-0.15, -0.1) is 5.10 Å². The average molecular weight is 562 g/mol. The summed E-state index contributed by atoms with van der Waals surface area (Å²) in [6.07, 6.45) is -3.76. The number of nitrogens with zero attached hydrogens (tertiary/aromatic N) is 5. The van der Waals surface area contributed by atoms with E-state index in [1.165, 1.54) is 10.9 Å². The smallest absolute Gasteiger partial charge is 0.279 e. The Hall–Kier alpha value is -3.29. The summed E-state index contributed by atoms with van der Waals surface area (Å²) in [7, 11) is 3.46. The van der Waals surface area contributed by atoms with Gasteiger partial charge in [-0.3, -0.25) is 4.79 Å². The molecule has 206 valence electrons. The third kappa shape index (κ3) is 5.43. The summed E-state index contributed by atoms with van der Waals surface area (Å²) in [4.78, 5) is 18.8. The summed E-state index contributed by atoms with van der Waals surface area (Å²) >= 11 is 5.61. The Morgan fingerprint density at radius 2 is 1.87 bits per heavy atom. The summed E-state index contributed by atoms with van der Waals surface area (Å²) in [5.74, 6) is -2.18. The number of hydrogen-bond donors (Lipinski definition) is 1. The van der Waals surface area contributed by atoms with Crippen molar-refractivity contribution in [1.82, 2.24) is 19.9 Å². The zero-order valence-electron chi connectivity index (χ0n) is 21.2. The SMILES string of the molecule is C/C(=N\C(=O)[C@@H]1O[C@@H]2CO[C@H](c3ccccc3)O[C@@H]2[C@H](n2cc(-c3cc(F)c(Cl)c(F)c3)nn2)[C@H]1O)N(C)C. The molecule has 3 aromatic rings. The predicted molar refractivity (Wildman–Crippen MR) is 136 cm³/mol. The highest BCUT2D eigenvalue weighted by atomic mass is 35.5. The molecule has 6 atom stereocenters. The van der Waals surface area contributed by atoms with Crippen molar-refractivity contribution < 1.29 is 32.9 Å². The van der Waals surface area contributed by atoms with Crippen molar-refractivity contribution in [2.45, 2.75) is 43.7 Å². The van der Waals surface area contributed by atoms with Gasteiger partial charge in [0.05, 0.1) is 12.8 Å². The fourth-order valence-corrected chi connectivity index (χ4v) is 4.59. The van der Waals surface area contributed by atoms with Crippen LogP contribution in [0.4, 0.5) is 8.78 Å². The summed E-state index contributed by atoms with van der Waals surface area (Å²) in [5.41, 5.74) is 0.961. The lowest BCUT2D eigenvalue weighted by atomic mass is 9.91. The van der Waals surface area contributed by atoms with Crippen molar-refractivity contribution in [3.8, 4) is 11.3 Å². The molecule has 0 aliphatic carbocycles. The second-order valence-electron chi connectivity index (χ2n) is 9.48. The maximum absolute atomic E-state index is 14.1. The van der Waals surface area contributed by atoms with E-state index >= 15 is 0 Å². The van der Waals surface area contributed by atoms with E-state index in [-0.39, 0.29) is 17.9 Å². The second kappa shape index (κ2) is 11.1. The number of halogens is 3. The number of aliphatic hydroxyl groups is 1. The first-order valence-corrected chi connectivity index (χ1v) is 12.5. The molecule has 2 aliphatic heterocycles. The van der Waals surface area contributed by atoms with Crippen LogP contribution in [0, 0.1) is 11.6 Å². The number of fused-ring (bicyclic) bond motifs is 1. The Labute approximate surface area is 227 Å². The molecule has 13 heteroatoms. The minimum absolute atomic E-state index is 0.0583. The number of carbonyl (C=O) groups excluding carboxylic acids is 1. The van der Waals surface area contributed by atoms with E-state index in [2.05, 4.69) is 15.3 Å². The van der Waals surface area contributed by atoms with E-state index in [1.807, 2.05) is 30.3 Å². The molecule has 2 aromatic carbocycles. The normalized spacial score (nSPS) is 27.2. The highest BCUT2D eigenvalue weighted by molar-refractivity contribution is 6.31. The number of hydrogen-bond acceptors (Lipinski definition) is 7. The number of aliphatic hydroxyl groups excluding tert-OH is 1. The zero-order valence-corrected chi connectivity index (χ0v) is 22.0. The quantitative estimate of drug-likeness (QED) is 0.294. The van der Waals surface area contributed by atoms with Gasteiger partial charge in [0.15, 0.2) is 12.4 Å². The predicted octanol–water partition coefficient (Wildman–Crippen LogP) is 3.17. The lowest BCUT2D eigenvalue weighted by Crippen LogP contribution is -2.61. The van der Waals surface area contributed by atoms with E-state index in [1.54, 1.807) is 25.9 Å². The number of amidine groups is 1. The molecule has 0 unspecified atom stereocenters. The first-order chi connectivity index (χ1) is 18.6. The van der Waals surface area contributed by atoms with E-state index in [0.29, 0.717) is 5.84 Å². The topological polar surface area (TPSA) is 111 Å². The highest BCUT2D eigenvalue weighted by Gasteiger charge is 2.53. The van der Waals surface area contributed by atoms with Crippen molar-refractivity contribution in [2.75, 3.05) is 20.7 Å². The van der Waals surface area contributed by atoms with Crippen LogP contribution in [0.25, 0.3) is 11.3 Å². The molecule has 2 saturated heterocycles. The Morgan fingerprint density at radius 3 is 2.54 bits per heavy atom. The van der Waals surface area contributed by atoms with Crippen LogP contribution in [0.1, 0.15) is 24.8 Å². The number of rotatable bonds is 4. The molecule has 0 bridgehead atoms. The van der Waals surface area contributed by atoms with Gasteiger partial charge in [-0.05, 0) is 19.1 Å². The molecule has 1 aromatic heterocycles. The number of ether oxygens (including phenoxy) is 3. The van der Waals surface area contributed by atoms with Gasteiger partial charge < -0.3 is 24.2 Å². The zero-order chi connectivity index (χ0) is 27.8. The van der Waals surface area contributed by atoms with E-state index in [9.17, 15) is 18.7 Å². The lowest BCUT2D eigenvalue weighted by Gasteiger charge is -2.47. The lowest BCUT2D eigenvalue weighted by molar-refractivity contribution is -0.312. The van der Waals surface area contributed by atoms with Gasteiger partial charge in [-0.25, -0.2) is 13.5 Å². The largest absolute Gasteiger partial charge is 0.387 e. The molecule has 2 aliphatic rings. The molecular weight excluding hydrogens is 536 g/mol. The molecule has 1 N–H and O–H groups in total. The maximum atomic E-state index is 14.1. The third-order valence-corrected chi connectivity index (χ3v) is 7.07. The molecule has 0 saturated carbocycles. The molecule has 5 rings (SSSR count). The fraction of sp³-hybridized carbons (Fsp3) is 0.385. The first kappa shape index (κ1) is 27.3. The third-order valence-electron chi connectivity index (χ3n) is 6.71. The van der Waals surface area contributed by atoms with Crippen molar-refractivity contribution in [1.29, 1.82) is 0 Å². The van der Waals surface area contributed by atoms with Crippen molar-refractivity contribution >= 4 is 23.3 Å². The summed E-state index contributed by atoms with van der Waals surface area (Å²) in [6.45, 7) is 1.71. The van der Waals surface area contributed by atoms with Gasteiger partial charge in [-0.2, -0.15) is 4.99 Å². The molecule has 1 amide bonds. The van der Waals surface area contributed by atoms with Crippen molar-refractivity contribution in [3.63, 3.8) is 0 Å². The number of aromatic nitrogens is 3. The van der Waals surface area contributed by atoms with Gasteiger partial charge in [-0.1, -0.05) is 47.1 Å². The van der Waals surface area contributed by atoms with Crippen LogP contribution in [0.15, 0.2) is 53.7 Å². The molecule has 39 heavy (non-hydrogen) atoms. The van der Waals surface area contributed by atoms with E-state index < -0.39 is 59.3 Å². The monoisotopic (exact) mass is 561 g/mol. The van der Waals surface area contributed by atoms with Gasteiger partial charge in [0.2, 0.25) is 0 Å². The molecule has 3 heterocycles. The van der Waals surface area contributed by atoms with Gasteiger partial charge in [0, 0.05) is 25.2 Å². The molecular formula is C26H26ClF2N5O5. The van der Waals surface area contributed by atoms with Gasteiger partial charge in [0.25, 0.3) is 5.91 Å². The number of aliphatic imine (C=N–C) groups is 1. The summed E-state index contributed by atoms with van der Waals surface area (Å²) in [6, 6.07) is 10.3. The summed E-state index contributed by atoms with van der Waals surface area (Å²) in [5, 5.41) is 19.0. The van der Waals surface area contributed by atoms with Crippen LogP contribution in [0.2, 0.25) is 5.02 Å². The average Bonchev–Trinajstić information content (AvgIpc) is 3.41. The molecule has 0 spiro atoms. The van der Waals surface area contributed by atoms with E-state index in [0.717, 1.165) is 17.7 Å². The van der Waals surface area contributed by atoms with Gasteiger partial charge >= 0.3 is 0 Å². The molecule has 10 nitrogen and oxygen atoms in total. The summed E-state index contributed by atoms with van der Waals surface area (Å²) < 4.78 is 47.6. The van der Waals surface area contributed by atoms with Crippen LogP contribution in [0.5, 0.6) is 0 Å². The second-order valence-corrected chi connectivity index (χ2v) is 9.86. The fourth-order valence-electron chi connectivity index (χ4n) is 4.48. The van der Waals surface area contributed by atoms with Crippen LogP contribution in [-0.2, 0) is 19.0 Å². The Bertz CT molecular complexity index is 1370. The van der Waals surface area contributed by atoms with E-state index in [4.69, 9.17) is 25.8 Å². The number of amides is 1. The minimum atomic E-state index is -1.46.